The van der Waals surface area contributed by atoms with Crippen LogP contribution in [0.15, 0.2) is 24.2 Å². The second-order valence-electron chi connectivity index (χ2n) is 2.11. The number of carboxylic acids is 1. The highest BCUT2D eigenvalue weighted by atomic mass is 16.6. The van der Waals surface area contributed by atoms with E-state index in [2.05, 4.69) is 0 Å². The lowest BCUT2D eigenvalue weighted by Crippen LogP contribution is -2.12. The molecule has 0 aliphatic heterocycles. The van der Waals surface area contributed by atoms with Crippen LogP contribution in [0.5, 0.6) is 0 Å². The molecule has 1 N–H and O–H groups in total. The van der Waals surface area contributed by atoms with Gasteiger partial charge in [-0.15, -0.1) is 0 Å². The molecule has 0 saturated carbocycles. The lowest BCUT2D eigenvalue weighted by Gasteiger charge is -1.95. The van der Waals surface area contributed by atoms with Crippen molar-refractivity contribution in [3.63, 3.8) is 0 Å². The van der Waals surface area contributed by atoms with Crippen molar-refractivity contribution in [3.8, 4) is 0 Å². The van der Waals surface area contributed by atoms with Crippen molar-refractivity contribution in [1.29, 1.82) is 0 Å². The molecule has 0 aromatic heterocycles. The van der Waals surface area contributed by atoms with Crippen molar-refractivity contribution in [3.05, 3.63) is 39.8 Å². The molecular weight excluding hydrogens is 192 g/mol. The van der Waals surface area contributed by atoms with Gasteiger partial charge in [-0.2, -0.15) is 0 Å². The molecule has 0 bridgehead atoms. The first-order chi connectivity index (χ1) is 8.20. The number of nitro benzene ring substituents is 1. The summed E-state index contributed by atoms with van der Waals surface area (Å²) in [6.45, 7) is 0. The number of ketones is 1. The maximum atomic E-state index is 11.2. The Morgan fingerprint density at radius 2 is 2.14 bits per heavy atom. The van der Waals surface area contributed by atoms with E-state index in [0.717, 1.165) is 0 Å². The van der Waals surface area contributed by atoms with E-state index in [4.69, 9.17) is 10.6 Å². The van der Waals surface area contributed by atoms with Crippen LogP contribution in [0.25, 0.3) is 0 Å². The maximum Gasteiger partial charge on any atom is 0.377 e. The first-order valence-electron chi connectivity index (χ1n) is 5.22. The Labute approximate surface area is 83.6 Å². The van der Waals surface area contributed by atoms with Crippen LogP contribution in [-0.4, -0.2) is 21.8 Å². The van der Waals surface area contributed by atoms with Crippen molar-refractivity contribution in [1.82, 2.24) is 0 Å². The van der Waals surface area contributed by atoms with Crippen molar-refractivity contribution >= 4 is 17.4 Å². The van der Waals surface area contributed by atoms with Crippen molar-refractivity contribution in [2.45, 2.75) is 0 Å². The molecule has 14 heavy (non-hydrogen) atoms. The van der Waals surface area contributed by atoms with Gasteiger partial charge >= 0.3 is 5.97 Å². The number of carbonyl (C=O) groups is 2. The van der Waals surface area contributed by atoms with Gasteiger partial charge in [0.15, 0.2) is 0 Å². The monoisotopic (exact) mass is 201 g/mol. The van der Waals surface area contributed by atoms with Crippen LogP contribution in [0.1, 0.15) is 15.8 Å². The number of carboxylic acid groups (broad SMARTS) is 1. The number of hydrogen-bond donors (Lipinski definition) is 1. The largest absolute Gasteiger partial charge is 0.475 e. The second kappa shape index (κ2) is 3.65. The average Bonchev–Trinajstić information content (AvgIpc) is 2.25. The molecule has 0 aliphatic rings. The molecule has 0 aliphatic carbocycles. The van der Waals surface area contributed by atoms with Gasteiger partial charge in [0.05, 0.1) is 10.4 Å². The van der Waals surface area contributed by atoms with Gasteiger partial charge in [0, 0.05) is 17.6 Å². The number of rotatable bonds is 3. The number of Topliss-reactive ketones (excluding diaryl/α,β-unsaturated/α-hetero) is 1. The number of nitrogens with zero attached hydrogens (tertiary/aromatic N) is 1. The van der Waals surface area contributed by atoms with E-state index < -0.39 is 52.1 Å². The first-order valence-corrected chi connectivity index (χ1v) is 3.22. The van der Waals surface area contributed by atoms with E-state index in [1.807, 2.05) is 0 Å². The van der Waals surface area contributed by atoms with Gasteiger partial charge in [-0.05, 0) is 0 Å². The predicted molar refractivity (Wildman–Crippen MR) is 45.1 cm³/mol. The summed E-state index contributed by atoms with van der Waals surface area (Å²) in [7, 11) is 0. The highest BCUT2D eigenvalue weighted by Crippen LogP contribution is 2.13. The molecule has 1 aromatic carbocycles. The van der Waals surface area contributed by atoms with Gasteiger partial charge in [-0.25, -0.2) is 4.79 Å². The molecule has 0 amide bonds. The molecule has 0 atom stereocenters. The third kappa shape index (κ3) is 1.92. The molecule has 0 unspecified atom stereocenters. The normalized spacial score (nSPS) is 13.4. The highest BCUT2D eigenvalue weighted by molar-refractivity contribution is 6.39. The van der Waals surface area contributed by atoms with E-state index in [1.54, 1.807) is 0 Å². The number of hydrogen-bond acceptors (Lipinski definition) is 4. The molecule has 0 fully saturated rings. The zero-order chi connectivity index (χ0) is 14.2. The van der Waals surface area contributed by atoms with Crippen LogP contribution in [0.3, 0.4) is 0 Å². The summed E-state index contributed by atoms with van der Waals surface area (Å²) in [5.41, 5.74) is -2.23. The molecule has 1 rings (SSSR count). The zero-order valence-corrected chi connectivity index (χ0v) is 6.53. The average molecular weight is 201 g/mol. The van der Waals surface area contributed by atoms with Crippen molar-refractivity contribution < 1.29 is 25.1 Å². The summed E-state index contributed by atoms with van der Waals surface area (Å²) < 4.78 is 29.1. The fraction of sp³-hybridized carbons (Fsp3) is 0. The molecule has 0 radical (unpaired) electrons. The molecule has 72 valence electrons. The van der Waals surface area contributed by atoms with Gasteiger partial charge in [0.25, 0.3) is 11.5 Å². The minimum Gasteiger partial charge on any atom is -0.475 e. The van der Waals surface area contributed by atoms with E-state index >= 15 is 0 Å². The minimum atomic E-state index is -2.00. The van der Waals surface area contributed by atoms with Crippen LogP contribution < -0.4 is 0 Å². The predicted octanol–water partition coefficient (Wildman–Crippen LogP) is 0.862. The Morgan fingerprint density at radius 1 is 1.50 bits per heavy atom. The fourth-order valence-corrected chi connectivity index (χ4v) is 0.646. The summed E-state index contributed by atoms with van der Waals surface area (Å²) in [6.07, 6.45) is 0. The van der Waals surface area contributed by atoms with E-state index in [1.165, 1.54) is 0 Å². The minimum absolute atomic E-state index is 0.970. The SMILES string of the molecule is [2H]c1c([2H])c([13C](=O)[13C](=O)O)c([2H])c([N+](=O)[O-])c1[2H]. The third-order valence-corrected chi connectivity index (χ3v) is 1.22. The standard InChI is InChI=1S/C8H5NO5/c10-7(8(11)12)5-2-1-3-6(4-5)9(13)14/h1-4H,(H,11,12)/i1D,2D,3D,4D,7+1,8+1. The number of nitro groups is 1. The maximum absolute atomic E-state index is 11.2. The van der Waals surface area contributed by atoms with Crippen LogP contribution in [0.2, 0.25) is 0 Å². The van der Waals surface area contributed by atoms with Crippen LogP contribution in [0.4, 0.5) is 5.69 Å². The van der Waals surface area contributed by atoms with Crippen LogP contribution >= 0.6 is 0 Å². The second-order valence-corrected chi connectivity index (χ2v) is 2.11. The zero-order valence-electron chi connectivity index (χ0n) is 10.5. The van der Waals surface area contributed by atoms with Crippen LogP contribution in [0, 0.1) is 10.1 Å². The molecule has 6 heteroatoms. The molecule has 0 heterocycles. The molecule has 0 spiro atoms. The summed E-state index contributed by atoms with van der Waals surface area (Å²) in [4.78, 5) is 31.2. The van der Waals surface area contributed by atoms with Crippen molar-refractivity contribution in [2.75, 3.05) is 0 Å². The van der Waals surface area contributed by atoms with Gasteiger partial charge in [0.2, 0.25) is 0 Å². The Bertz CT molecular complexity index is 586. The Balaban J connectivity index is 3.79. The van der Waals surface area contributed by atoms with Gasteiger partial charge in [0.1, 0.15) is 0 Å². The Morgan fingerprint density at radius 3 is 2.64 bits per heavy atom. The summed E-state index contributed by atoms with van der Waals surface area (Å²) in [5.74, 6) is -3.69. The third-order valence-electron chi connectivity index (χ3n) is 1.22. The van der Waals surface area contributed by atoms with Crippen molar-refractivity contribution in [2.24, 2.45) is 0 Å². The molecular formula is C8H5NO5. The van der Waals surface area contributed by atoms with Crippen LogP contribution in [-0.2, 0) is 4.79 Å². The van der Waals surface area contributed by atoms with E-state index in [9.17, 15) is 19.7 Å². The smallest absolute Gasteiger partial charge is 0.377 e. The van der Waals surface area contributed by atoms with Gasteiger partial charge in [-0.3, -0.25) is 14.9 Å². The highest BCUT2D eigenvalue weighted by Gasteiger charge is 2.16. The van der Waals surface area contributed by atoms with Gasteiger partial charge in [-0.1, -0.05) is 12.1 Å². The summed E-state index contributed by atoms with van der Waals surface area (Å²) >= 11 is 0. The fourth-order valence-electron chi connectivity index (χ4n) is 0.646. The van der Waals surface area contributed by atoms with Gasteiger partial charge < -0.3 is 5.11 Å². The quantitative estimate of drug-likeness (QED) is 0.257. The lowest BCUT2D eigenvalue weighted by atomic mass is 10.2. The first kappa shape index (κ1) is 5.48. The number of carbonyl (C=O) groups excluding carboxylic acids is 1. The molecule has 6 nitrogen and oxygen atoms in total. The molecule has 1 aromatic rings. The topological polar surface area (TPSA) is 97.5 Å². The summed E-state index contributed by atoms with van der Waals surface area (Å²) in [5, 5.41) is 19.1. The van der Waals surface area contributed by atoms with E-state index in [0.29, 0.717) is 0 Å². The number of benzene rings is 1. The summed E-state index contributed by atoms with van der Waals surface area (Å²) in [6, 6.07) is -4.10. The Hall–Kier alpha value is -2.24. The Kier molecular flexibility index (Phi) is 1.43. The molecule has 0 saturated heterocycles. The lowest BCUT2D eigenvalue weighted by molar-refractivity contribution is -0.384. The van der Waals surface area contributed by atoms with E-state index in [-0.39, 0.29) is 0 Å². The number of aliphatic carboxylic acids is 1.